The van der Waals surface area contributed by atoms with Gasteiger partial charge in [-0.1, -0.05) is 33.1 Å². The average Bonchev–Trinajstić information content (AvgIpc) is 2.90. The molecular weight excluding hydrogens is 226 g/mol. The minimum absolute atomic E-state index is 0.141. The van der Waals surface area contributed by atoms with Gasteiger partial charge in [0.2, 0.25) is 0 Å². The van der Waals surface area contributed by atoms with Crippen LogP contribution < -0.4 is 0 Å². The minimum Gasteiger partial charge on any atom is -0.379 e. The van der Waals surface area contributed by atoms with Crippen LogP contribution in [0, 0.1) is 5.92 Å². The molecule has 1 atom stereocenters. The predicted molar refractivity (Wildman–Crippen MR) is 72.7 cm³/mol. The highest BCUT2D eigenvalue weighted by Gasteiger charge is 2.47. The van der Waals surface area contributed by atoms with E-state index in [1.807, 2.05) is 0 Å². The maximum absolute atomic E-state index is 12.9. The quantitative estimate of drug-likeness (QED) is 0.754. The zero-order valence-electron chi connectivity index (χ0n) is 11.9. The van der Waals surface area contributed by atoms with E-state index in [4.69, 9.17) is 4.74 Å². The third kappa shape index (κ3) is 2.62. The summed E-state index contributed by atoms with van der Waals surface area (Å²) < 4.78 is 5.44. The van der Waals surface area contributed by atoms with Gasteiger partial charge in [-0.05, 0) is 19.3 Å². The van der Waals surface area contributed by atoms with Crippen molar-refractivity contribution in [2.24, 2.45) is 5.92 Å². The van der Waals surface area contributed by atoms with Gasteiger partial charge in [0.15, 0.2) is 5.78 Å². The molecule has 104 valence electrons. The Morgan fingerprint density at radius 2 is 1.89 bits per heavy atom. The Hall–Kier alpha value is -0.410. The number of hydrogen-bond donors (Lipinski definition) is 0. The topological polar surface area (TPSA) is 29.5 Å². The Labute approximate surface area is 111 Å². The molecule has 1 aliphatic carbocycles. The van der Waals surface area contributed by atoms with Gasteiger partial charge in [0, 0.05) is 19.0 Å². The Balaban J connectivity index is 2.12. The molecule has 18 heavy (non-hydrogen) atoms. The lowest BCUT2D eigenvalue weighted by Crippen LogP contribution is -2.58. The fourth-order valence-electron chi connectivity index (χ4n) is 3.69. The van der Waals surface area contributed by atoms with Gasteiger partial charge >= 0.3 is 0 Å². The van der Waals surface area contributed by atoms with Crippen molar-refractivity contribution in [3.8, 4) is 0 Å². The number of carbonyl (C=O) groups is 1. The van der Waals surface area contributed by atoms with Crippen molar-refractivity contribution in [3.05, 3.63) is 0 Å². The lowest BCUT2D eigenvalue weighted by Gasteiger charge is -2.43. The standard InChI is InChI=1S/C15H27NO2/c1-3-6-13(2)14(17)15(7-4-5-8-15)16-9-11-18-12-10-16/h13H,3-12H2,1-2H3. The SMILES string of the molecule is CCCC(C)C(=O)C1(N2CCOCC2)CCCC1. The molecular formula is C15H27NO2. The van der Waals surface area contributed by atoms with Crippen LogP contribution in [0.5, 0.6) is 0 Å². The molecule has 2 aliphatic rings. The van der Waals surface area contributed by atoms with Gasteiger partial charge in [0.05, 0.1) is 18.8 Å². The molecule has 1 heterocycles. The van der Waals surface area contributed by atoms with E-state index in [1.54, 1.807) is 0 Å². The molecule has 2 rings (SSSR count). The summed E-state index contributed by atoms with van der Waals surface area (Å²) >= 11 is 0. The van der Waals surface area contributed by atoms with Crippen molar-refractivity contribution in [1.29, 1.82) is 0 Å². The second-order valence-electron chi connectivity index (χ2n) is 5.89. The third-order valence-corrected chi connectivity index (χ3v) is 4.68. The highest BCUT2D eigenvalue weighted by atomic mass is 16.5. The summed E-state index contributed by atoms with van der Waals surface area (Å²) in [5.41, 5.74) is -0.141. The first kappa shape index (κ1) is 14.0. The van der Waals surface area contributed by atoms with Gasteiger partial charge in [-0.3, -0.25) is 9.69 Å². The van der Waals surface area contributed by atoms with Crippen molar-refractivity contribution in [2.45, 2.75) is 57.9 Å². The molecule has 0 radical (unpaired) electrons. The molecule has 3 heteroatoms. The van der Waals surface area contributed by atoms with Crippen LogP contribution in [0.1, 0.15) is 52.4 Å². The number of hydrogen-bond acceptors (Lipinski definition) is 3. The van der Waals surface area contributed by atoms with Gasteiger partial charge in [-0.2, -0.15) is 0 Å². The zero-order valence-corrected chi connectivity index (χ0v) is 11.9. The van der Waals surface area contributed by atoms with Crippen LogP contribution >= 0.6 is 0 Å². The van der Waals surface area contributed by atoms with Gasteiger partial charge in [-0.25, -0.2) is 0 Å². The van der Waals surface area contributed by atoms with Crippen LogP contribution in [0.2, 0.25) is 0 Å². The van der Waals surface area contributed by atoms with E-state index in [0.717, 1.165) is 52.0 Å². The van der Waals surface area contributed by atoms with Crippen LogP contribution in [-0.4, -0.2) is 42.5 Å². The van der Waals surface area contributed by atoms with Crippen molar-refractivity contribution < 1.29 is 9.53 Å². The number of carbonyl (C=O) groups excluding carboxylic acids is 1. The number of rotatable bonds is 5. The van der Waals surface area contributed by atoms with Gasteiger partial charge in [0.25, 0.3) is 0 Å². The van der Waals surface area contributed by atoms with E-state index in [2.05, 4.69) is 18.7 Å². The average molecular weight is 253 g/mol. The van der Waals surface area contributed by atoms with Crippen LogP contribution in [0.25, 0.3) is 0 Å². The van der Waals surface area contributed by atoms with Crippen LogP contribution in [0.4, 0.5) is 0 Å². The van der Waals surface area contributed by atoms with Crippen LogP contribution in [0.15, 0.2) is 0 Å². The summed E-state index contributed by atoms with van der Waals surface area (Å²) in [4.78, 5) is 15.3. The van der Waals surface area contributed by atoms with Crippen LogP contribution in [0.3, 0.4) is 0 Å². The molecule has 3 nitrogen and oxygen atoms in total. The molecule has 1 aliphatic heterocycles. The predicted octanol–water partition coefficient (Wildman–Crippen LogP) is 2.64. The monoisotopic (exact) mass is 253 g/mol. The summed E-state index contributed by atoms with van der Waals surface area (Å²) in [6.45, 7) is 7.73. The molecule has 2 fully saturated rings. The largest absolute Gasteiger partial charge is 0.379 e. The maximum atomic E-state index is 12.9. The summed E-state index contributed by atoms with van der Waals surface area (Å²) in [6.07, 6.45) is 6.70. The first-order valence-electron chi connectivity index (χ1n) is 7.58. The van der Waals surface area contributed by atoms with Crippen LogP contribution in [-0.2, 0) is 9.53 Å². The summed E-state index contributed by atoms with van der Waals surface area (Å²) in [5, 5.41) is 0. The van der Waals surface area contributed by atoms with E-state index in [9.17, 15) is 4.79 Å². The summed E-state index contributed by atoms with van der Waals surface area (Å²) in [6, 6.07) is 0. The third-order valence-electron chi connectivity index (χ3n) is 4.68. The minimum atomic E-state index is -0.141. The molecule has 0 spiro atoms. The number of Topliss-reactive ketones (excluding diaryl/α,β-unsaturated/α-hetero) is 1. The first-order chi connectivity index (χ1) is 8.70. The number of ketones is 1. The molecule has 1 saturated heterocycles. The maximum Gasteiger partial charge on any atom is 0.155 e. The molecule has 0 aromatic carbocycles. The van der Waals surface area contributed by atoms with Gasteiger partial charge < -0.3 is 4.74 Å². The second-order valence-corrected chi connectivity index (χ2v) is 5.89. The summed E-state index contributed by atoms with van der Waals surface area (Å²) in [7, 11) is 0. The van der Waals surface area contributed by atoms with Crippen molar-refractivity contribution in [1.82, 2.24) is 4.90 Å². The van der Waals surface area contributed by atoms with E-state index < -0.39 is 0 Å². The highest BCUT2D eigenvalue weighted by Crippen LogP contribution is 2.39. The molecule has 0 amide bonds. The Kier molecular flexibility index (Phi) is 4.79. The zero-order chi connectivity index (χ0) is 13.0. The van der Waals surface area contributed by atoms with E-state index in [0.29, 0.717) is 5.78 Å². The normalized spacial score (nSPS) is 26.1. The van der Waals surface area contributed by atoms with E-state index in [-0.39, 0.29) is 11.5 Å². The molecule has 0 aromatic heterocycles. The second kappa shape index (κ2) is 6.16. The van der Waals surface area contributed by atoms with Gasteiger partial charge in [-0.15, -0.1) is 0 Å². The van der Waals surface area contributed by atoms with Crippen molar-refractivity contribution >= 4 is 5.78 Å². The fraction of sp³-hybridized carbons (Fsp3) is 0.933. The number of nitrogens with zero attached hydrogens (tertiary/aromatic N) is 1. The fourth-order valence-corrected chi connectivity index (χ4v) is 3.69. The molecule has 0 N–H and O–H groups in total. The van der Waals surface area contributed by atoms with E-state index in [1.165, 1.54) is 12.8 Å². The molecule has 1 unspecified atom stereocenters. The summed E-state index contributed by atoms with van der Waals surface area (Å²) in [5.74, 6) is 0.722. The molecule has 0 bridgehead atoms. The Morgan fingerprint density at radius 1 is 1.28 bits per heavy atom. The lowest BCUT2D eigenvalue weighted by molar-refractivity contribution is -0.138. The Bertz CT molecular complexity index is 278. The number of morpholine rings is 1. The van der Waals surface area contributed by atoms with Gasteiger partial charge in [0.1, 0.15) is 0 Å². The molecule has 0 aromatic rings. The van der Waals surface area contributed by atoms with Crippen molar-refractivity contribution in [3.63, 3.8) is 0 Å². The molecule has 1 saturated carbocycles. The Morgan fingerprint density at radius 3 is 2.44 bits per heavy atom. The number of ether oxygens (including phenoxy) is 1. The van der Waals surface area contributed by atoms with Crippen molar-refractivity contribution in [2.75, 3.05) is 26.3 Å². The first-order valence-corrected chi connectivity index (χ1v) is 7.58. The van der Waals surface area contributed by atoms with E-state index >= 15 is 0 Å². The lowest BCUT2D eigenvalue weighted by atomic mass is 9.81. The smallest absolute Gasteiger partial charge is 0.155 e. The highest BCUT2D eigenvalue weighted by molar-refractivity contribution is 5.90.